The summed E-state index contributed by atoms with van der Waals surface area (Å²) in [6, 6.07) is 26.6. The van der Waals surface area contributed by atoms with Crippen molar-refractivity contribution >= 4 is 11.5 Å². The molecule has 0 amide bonds. The van der Waals surface area contributed by atoms with Crippen molar-refractivity contribution in [3.8, 4) is 22.4 Å². The van der Waals surface area contributed by atoms with E-state index in [4.69, 9.17) is 10.1 Å². The summed E-state index contributed by atoms with van der Waals surface area (Å²) in [5.41, 5.74) is 7.04. The summed E-state index contributed by atoms with van der Waals surface area (Å²) >= 11 is 0. The maximum atomic E-state index is 5.01. The van der Waals surface area contributed by atoms with E-state index in [1.54, 1.807) is 6.20 Å². The molecule has 1 N–H and O–H groups in total. The highest BCUT2D eigenvalue weighted by molar-refractivity contribution is 5.82. The first kappa shape index (κ1) is 18.1. The van der Waals surface area contributed by atoms with Gasteiger partial charge in [-0.05, 0) is 24.1 Å². The average Bonchev–Trinajstić information content (AvgIpc) is 3.15. The highest BCUT2D eigenvalue weighted by atomic mass is 15.3. The maximum absolute atomic E-state index is 5.01. The van der Waals surface area contributed by atoms with Crippen molar-refractivity contribution in [2.45, 2.75) is 13.5 Å². The van der Waals surface area contributed by atoms with Gasteiger partial charge in [-0.1, -0.05) is 66.7 Å². The van der Waals surface area contributed by atoms with Crippen molar-refractivity contribution < 1.29 is 0 Å². The molecule has 5 nitrogen and oxygen atoms in total. The largest absolute Gasteiger partial charge is 0.366 e. The number of benzene rings is 2. The third kappa shape index (κ3) is 3.42. The number of hydrogen-bond acceptors (Lipinski definition) is 4. The highest BCUT2D eigenvalue weighted by Crippen LogP contribution is 2.31. The minimum absolute atomic E-state index is 0.654. The maximum Gasteiger partial charge on any atom is 0.166 e. The number of aryl methyl sites for hydroxylation is 1. The summed E-state index contributed by atoms with van der Waals surface area (Å²) in [6.45, 7) is 2.69. The lowest BCUT2D eigenvalue weighted by molar-refractivity contribution is 0.907. The second-order valence-corrected chi connectivity index (χ2v) is 7.17. The van der Waals surface area contributed by atoms with Gasteiger partial charge in [-0.2, -0.15) is 9.61 Å². The van der Waals surface area contributed by atoms with Gasteiger partial charge in [0.05, 0.1) is 11.4 Å². The van der Waals surface area contributed by atoms with Gasteiger partial charge in [0.2, 0.25) is 0 Å². The molecule has 0 aliphatic rings. The van der Waals surface area contributed by atoms with Gasteiger partial charge in [0, 0.05) is 36.1 Å². The summed E-state index contributed by atoms with van der Waals surface area (Å²) in [7, 11) is 0. The summed E-state index contributed by atoms with van der Waals surface area (Å²) in [4.78, 5) is 9.21. The van der Waals surface area contributed by atoms with Gasteiger partial charge in [0.25, 0.3) is 0 Å². The molecule has 0 atom stereocenters. The molecule has 0 spiro atoms. The quantitative estimate of drug-likeness (QED) is 0.437. The van der Waals surface area contributed by atoms with Crippen LogP contribution in [0.5, 0.6) is 0 Å². The highest BCUT2D eigenvalue weighted by Gasteiger charge is 2.17. The zero-order valence-electron chi connectivity index (χ0n) is 16.7. The first-order valence-corrected chi connectivity index (χ1v) is 9.93. The van der Waals surface area contributed by atoms with Crippen molar-refractivity contribution in [1.82, 2.24) is 19.6 Å². The van der Waals surface area contributed by atoms with Crippen molar-refractivity contribution in [3.05, 3.63) is 103 Å². The molecular weight excluding hydrogens is 370 g/mol. The van der Waals surface area contributed by atoms with Crippen LogP contribution in [0.15, 0.2) is 91.3 Å². The fraction of sp³-hybridized carbons (Fsp3) is 0.0800. The van der Waals surface area contributed by atoms with E-state index >= 15 is 0 Å². The number of nitrogens with zero attached hydrogens (tertiary/aromatic N) is 4. The molecule has 30 heavy (non-hydrogen) atoms. The van der Waals surface area contributed by atoms with Crippen molar-refractivity contribution in [2.24, 2.45) is 0 Å². The Hall–Kier alpha value is -3.99. The monoisotopic (exact) mass is 391 g/mol. The first-order chi connectivity index (χ1) is 14.8. The molecule has 5 aromatic rings. The number of rotatable bonds is 5. The molecular formula is C25H21N5. The van der Waals surface area contributed by atoms with Gasteiger partial charge in [0.15, 0.2) is 5.65 Å². The Kier molecular flexibility index (Phi) is 4.69. The summed E-state index contributed by atoms with van der Waals surface area (Å²) < 4.78 is 1.90. The van der Waals surface area contributed by atoms with E-state index in [-0.39, 0.29) is 0 Å². The van der Waals surface area contributed by atoms with E-state index in [1.165, 1.54) is 0 Å². The Labute approximate surface area is 175 Å². The third-order valence-corrected chi connectivity index (χ3v) is 5.09. The van der Waals surface area contributed by atoms with E-state index in [0.29, 0.717) is 6.54 Å². The number of nitrogens with one attached hydrogen (secondary N) is 1. The second-order valence-electron chi connectivity index (χ2n) is 7.17. The molecule has 146 valence electrons. The van der Waals surface area contributed by atoms with Crippen LogP contribution in [0.3, 0.4) is 0 Å². The van der Waals surface area contributed by atoms with E-state index in [0.717, 1.165) is 45.1 Å². The molecule has 0 saturated carbocycles. The molecule has 0 bridgehead atoms. The van der Waals surface area contributed by atoms with Gasteiger partial charge >= 0.3 is 0 Å². The van der Waals surface area contributed by atoms with Crippen LogP contribution in [-0.2, 0) is 6.54 Å². The van der Waals surface area contributed by atoms with Crippen LogP contribution in [0.2, 0.25) is 0 Å². The minimum atomic E-state index is 0.654. The van der Waals surface area contributed by atoms with Crippen LogP contribution in [0.25, 0.3) is 28.0 Å². The van der Waals surface area contributed by atoms with Crippen LogP contribution < -0.4 is 5.32 Å². The van der Waals surface area contributed by atoms with Gasteiger partial charge in [0.1, 0.15) is 5.82 Å². The number of pyridine rings is 1. The molecule has 5 rings (SSSR count). The standard InChI is InChI=1S/C25H21N5/c1-18-24(21-12-6-3-7-13-21)25-28-22(20-10-4-2-5-11-20)15-23(30(25)29-18)27-17-19-9-8-14-26-16-19/h2-16,27H,17H2,1H3. The van der Waals surface area contributed by atoms with Crippen LogP contribution in [0.4, 0.5) is 5.82 Å². The van der Waals surface area contributed by atoms with Crippen LogP contribution in [-0.4, -0.2) is 19.6 Å². The smallest absolute Gasteiger partial charge is 0.166 e. The van der Waals surface area contributed by atoms with E-state index in [1.807, 2.05) is 60.1 Å². The average molecular weight is 391 g/mol. The fourth-order valence-electron chi connectivity index (χ4n) is 3.64. The Bertz CT molecular complexity index is 1280. The molecule has 0 radical (unpaired) electrons. The van der Waals surface area contributed by atoms with Gasteiger partial charge in [-0.3, -0.25) is 4.98 Å². The van der Waals surface area contributed by atoms with Crippen LogP contribution in [0, 0.1) is 6.92 Å². The van der Waals surface area contributed by atoms with Gasteiger partial charge < -0.3 is 5.32 Å². The summed E-state index contributed by atoms with van der Waals surface area (Å²) in [5.74, 6) is 0.896. The molecule has 0 fully saturated rings. The summed E-state index contributed by atoms with van der Waals surface area (Å²) in [6.07, 6.45) is 3.65. The summed E-state index contributed by atoms with van der Waals surface area (Å²) in [5, 5.41) is 8.34. The molecule has 0 aliphatic heterocycles. The SMILES string of the molecule is Cc1nn2c(NCc3cccnc3)cc(-c3ccccc3)nc2c1-c1ccccc1. The van der Waals surface area contributed by atoms with Crippen molar-refractivity contribution in [1.29, 1.82) is 0 Å². The number of anilines is 1. The van der Waals surface area contributed by atoms with Crippen molar-refractivity contribution in [2.75, 3.05) is 5.32 Å². The molecule has 2 aromatic carbocycles. The van der Waals surface area contributed by atoms with E-state index in [9.17, 15) is 0 Å². The predicted octanol–water partition coefficient (Wildman–Crippen LogP) is 5.38. The number of hydrogen-bond donors (Lipinski definition) is 1. The lowest BCUT2D eigenvalue weighted by Gasteiger charge is -2.11. The Morgan fingerprint density at radius 2 is 1.60 bits per heavy atom. The first-order valence-electron chi connectivity index (χ1n) is 9.93. The van der Waals surface area contributed by atoms with Gasteiger partial charge in [-0.25, -0.2) is 4.98 Å². The Morgan fingerprint density at radius 3 is 2.30 bits per heavy atom. The number of fused-ring (bicyclic) bond motifs is 1. The lowest BCUT2D eigenvalue weighted by atomic mass is 10.1. The molecule has 3 aromatic heterocycles. The molecule has 0 unspecified atom stereocenters. The zero-order valence-corrected chi connectivity index (χ0v) is 16.7. The second kappa shape index (κ2) is 7.79. The molecule has 5 heteroatoms. The van der Waals surface area contributed by atoms with Crippen molar-refractivity contribution in [3.63, 3.8) is 0 Å². The van der Waals surface area contributed by atoms with E-state index < -0.39 is 0 Å². The fourth-order valence-corrected chi connectivity index (χ4v) is 3.64. The molecule has 0 saturated heterocycles. The lowest BCUT2D eigenvalue weighted by Crippen LogP contribution is -2.07. The third-order valence-electron chi connectivity index (χ3n) is 5.09. The molecule has 0 aliphatic carbocycles. The Morgan fingerprint density at radius 1 is 0.867 bits per heavy atom. The zero-order chi connectivity index (χ0) is 20.3. The molecule has 3 heterocycles. The minimum Gasteiger partial charge on any atom is -0.366 e. The predicted molar refractivity (Wildman–Crippen MR) is 120 cm³/mol. The van der Waals surface area contributed by atoms with Crippen LogP contribution in [0.1, 0.15) is 11.3 Å². The topological polar surface area (TPSA) is 55.1 Å². The van der Waals surface area contributed by atoms with E-state index in [2.05, 4.69) is 46.7 Å². The Balaban J connectivity index is 1.68. The van der Waals surface area contributed by atoms with Crippen LogP contribution >= 0.6 is 0 Å². The normalized spacial score (nSPS) is 11.0. The van der Waals surface area contributed by atoms with Gasteiger partial charge in [-0.15, -0.1) is 0 Å². The number of aromatic nitrogens is 4.